The van der Waals surface area contributed by atoms with Gasteiger partial charge < -0.3 is 10.8 Å². The van der Waals surface area contributed by atoms with Crippen LogP contribution in [0.2, 0.25) is 0 Å². The molecule has 0 aliphatic heterocycles. The maximum Gasteiger partial charge on any atom is 0.206 e. The Hall–Kier alpha value is -3.22. The largest absolute Gasteiger partial charge is 0.507 e. The Kier molecular flexibility index (Phi) is 2.28. The molecule has 0 aliphatic rings. The molecule has 0 saturated carbocycles. The van der Waals surface area contributed by atoms with Gasteiger partial charge in [0.2, 0.25) is 5.95 Å². The fourth-order valence-corrected chi connectivity index (χ4v) is 2.53. The number of aromatic nitrogens is 5. The van der Waals surface area contributed by atoms with Gasteiger partial charge in [-0.2, -0.15) is 0 Å². The molecule has 7 heteroatoms. The molecule has 0 saturated heterocycles. The Labute approximate surface area is 118 Å². The van der Waals surface area contributed by atoms with Crippen LogP contribution in [0.5, 0.6) is 5.75 Å². The Balaban J connectivity index is 2.30. The molecule has 4 rings (SSSR count). The summed E-state index contributed by atoms with van der Waals surface area (Å²) in [4.78, 5) is 16.6. The molecule has 0 radical (unpaired) electrons. The van der Waals surface area contributed by atoms with E-state index in [1.165, 1.54) is 18.6 Å². The van der Waals surface area contributed by atoms with Crippen molar-refractivity contribution in [1.29, 1.82) is 0 Å². The predicted molar refractivity (Wildman–Crippen MR) is 77.6 cm³/mol. The summed E-state index contributed by atoms with van der Waals surface area (Å²) in [5, 5.41) is 10.8. The van der Waals surface area contributed by atoms with E-state index in [1.807, 2.05) is 6.07 Å². The monoisotopic (exact) mass is 278 g/mol. The second-order valence-corrected chi connectivity index (χ2v) is 4.52. The number of pyridine rings is 1. The second-order valence-electron chi connectivity index (χ2n) is 4.52. The first-order chi connectivity index (χ1) is 10.3. The molecule has 0 atom stereocenters. The van der Waals surface area contributed by atoms with E-state index in [-0.39, 0.29) is 5.75 Å². The molecule has 0 unspecified atom stereocenters. The number of anilines is 1. The SMILES string of the molecule is Nc1nccc2c(-c3ccncn3)c3c(O)ccnc3n12. The maximum atomic E-state index is 10.2. The zero-order valence-electron chi connectivity index (χ0n) is 10.8. The Morgan fingerprint density at radius 1 is 1.00 bits per heavy atom. The van der Waals surface area contributed by atoms with Crippen LogP contribution in [-0.2, 0) is 0 Å². The molecule has 21 heavy (non-hydrogen) atoms. The van der Waals surface area contributed by atoms with E-state index in [0.29, 0.717) is 22.7 Å². The van der Waals surface area contributed by atoms with Crippen molar-refractivity contribution in [2.75, 3.05) is 5.73 Å². The number of hydrogen-bond acceptors (Lipinski definition) is 6. The van der Waals surface area contributed by atoms with E-state index in [1.54, 1.807) is 22.9 Å². The lowest BCUT2D eigenvalue weighted by molar-refractivity contribution is 0.481. The predicted octanol–water partition coefficient (Wildman–Crippen LogP) is 1.63. The molecule has 7 nitrogen and oxygen atoms in total. The highest BCUT2D eigenvalue weighted by Crippen LogP contribution is 2.38. The van der Waals surface area contributed by atoms with Crippen LogP contribution in [0.4, 0.5) is 5.95 Å². The smallest absolute Gasteiger partial charge is 0.206 e. The van der Waals surface area contributed by atoms with Crippen LogP contribution in [0.1, 0.15) is 0 Å². The van der Waals surface area contributed by atoms with E-state index in [9.17, 15) is 5.11 Å². The van der Waals surface area contributed by atoms with Crippen LogP contribution >= 0.6 is 0 Å². The first-order valence-electron chi connectivity index (χ1n) is 6.26. The molecule has 0 spiro atoms. The van der Waals surface area contributed by atoms with E-state index in [0.717, 1.165) is 11.1 Å². The lowest BCUT2D eigenvalue weighted by atomic mass is 10.1. The van der Waals surface area contributed by atoms with Crippen LogP contribution in [0.15, 0.2) is 43.1 Å². The Morgan fingerprint density at radius 2 is 1.86 bits per heavy atom. The number of nitrogens with zero attached hydrogens (tertiary/aromatic N) is 5. The standard InChI is InChI=1S/C14H10N6O/c15-14-18-5-2-9-11(8-1-4-16-7-19-8)12-10(21)3-6-17-13(12)20(9)14/h1-7H,(H2,15,18)(H,17,21). The Bertz CT molecular complexity index is 963. The molecular weight excluding hydrogens is 268 g/mol. The molecule has 4 aromatic rings. The van der Waals surface area contributed by atoms with Gasteiger partial charge in [0.15, 0.2) is 5.65 Å². The van der Waals surface area contributed by atoms with Gasteiger partial charge >= 0.3 is 0 Å². The third-order valence-electron chi connectivity index (χ3n) is 3.37. The van der Waals surface area contributed by atoms with Crippen LogP contribution in [0, 0.1) is 0 Å². The summed E-state index contributed by atoms with van der Waals surface area (Å²) >= 11 is 0. The lowest BCUT2D eigenvalue weighted by Crippen LogP contribution is -1.99. The molecule has 102 valence electrons. The van der Waals surface area contributed by atoms with Crippen molar-refractivity contribution >= 4 is 22.5 Å². The fourth-order valence-electron chi connectivity index (χ4n) is 2.53. The van der Waals surface area contributed by atoms with E-state index in [2.05, 4.69) is 19.9 Å². The van der Waals surface area contributed by atoms with Gasteiger partial charge in [-0.3, -0.25) is 4.40 Å². The maximum absolute atomic E-state index is 10.2. The van der Waals surface area contributed by atoms with Crippen molar-refractivity contribution in [3.05, 3.63) is 43.1 Å². The van der Waals surface area contributed by atoms with Crippen molar-refractivity contribution in [2.45, 2.75) is 0 Å². The van der Waals surface area contributed by atoms with Gasteiger partial charge in [0.05, 0.1) is 16.6 Å². The van der Waals surface area contributed by atoms with Crippen molar-refractivity contribution in [3.63, 3.8) is 0 Å². The molecule has 4 aromatic heterocycles. The summed E-state index contributed by atoms with van der Waals surface area (Å²) in [6.45, 7) is 0. The quantitative estimate of drug-likeness (QED) is 0.548. The number of nitrogen functional groups attached to an aromatic ring is 1. The van der Waals surface area contributed by atoms with Crippen molar-refractivity contribution in [1.82, 2.24) is 24.3 Å². The van der Waals surface area contributed by atoms with Gasteiger partial charge in [-0.05, 0) is 18.2 Å². The molecule has 0 amide bonds. The first-order valence-corrected chi connectivity index (χ1v) is 6.26. The van der Waals surface area contributed by atoms with E-state index in [4.69, 9.17) is 5.73 Å². The fraction of sp³-hybridized carbons (Fsp3) is 0. The summed E-state index contributed by atoms with van der Waals surface area (Å²) in [5.41, 5.74) is 8.73. The number of rotatable bonds is 1. The Morgan fingerprint density at radius 3 is 2.67 bits per heavy atom. The summed E-state index contributed by atoms with van der Waals surface area (Å²) in [6.07, 6.45) is 6.25. The highest BCUT2D eigenvalue weighted by atomic mass is 16.3. The highest BCUT2D eigenvalue weighted by Gasteiger charge is 2.19. The number of hydrogen-bond donors (Lipinski definition) is 2. The van der Waals surface area contributed by atoms with Gasteiger partial charge in [-0.15, -0.1) is 0 Å². The van der Waals surface area contributed by atoms with Crippen LogP contribution in [-0.4, -0.2) is 29.4 Å². The highest BCUT2D eigenvalue weighted by molar-refractivity contribution is 6.06. The molecule has 0 aromatic carbocycles. The third-order valence-corrected chi connectivity index (χ3v) is 3.37. The van der Waals surface area contributed by atoms with Gasteiger partial charge in [-0.1, -0.05) is 0 Å². The normalized spacial score (nSPS) is 11.2. The third kappa shape index (κ3) is 1.54. The zero-order valence-corrected chi connectivity index (χ0v) is 10.8. The van der Waals surface area contributed by atoms with Gasteiger partial charge in [0.25, 0.3) is 0 Å². The first kappa shape index (κ1) is 11.6. The van der Waals surface area contributed by atoms with Gasteiger partial charge in [0, 0.05) is 24.2 Å². The summed E-state index contributed by atoms with van der Waals surface area (Å²) < 4.78 is 1.70. The second kappa shape index (κ2) is 4.14. The number of nitrogens with two attached hydrogens (primary N) is 1. The van der Waals surface area contributed by atoms with E-state index < -0.39 is 0 Å². The zero-order chi connectivity index (χ0) is 14.4. The van der Waals surface area contributed by atoms with Crippen molar-refractivity contribution < 1.29 is 5.11 Å². The lowest BCUT2D eigenvalue weighted by Gasteiger charge is -2.01. The molecule has 4 heterocycles. The topological polar surface area (TPSA) is 102 Å². The average molecular weight is 278 g/mol. The minimum Gasteiger partial charge on any atom is -0.507 e. The van der Waals surface area contributed by atoms with E-state index >= 15 is 0 Å². The summed E-state index contributed by atoms with van der Waals surface area (Å²) in [7, 11) is 0. The van der Waals surface area contributed by atoms with Crippen LogP contribution in [0.25, 0.3) is 27.8 Å². The van der Waals surface area contributed by atoms with Crippen LogP contribution < -0.4 is 5.73 Å². The van der Waals surface area contributed by atoms with Gasteiger partial charge in [-0.25, -0.2) is 19.9 Å². The summed E-state index contributed by atoms with van der Waals surface area (Å²) in [5.74, 6) is 0.424. The van der Waals surface area contributed by atoms with Crippen molar-refractivity contribution in [2.24, 2.45) is 0 Å². The molecular formula is C14H10N6O. The summed E-state index contributed by atoms with van der Waals surface area (Å²) in [6, 6.07) is 5.13. The molecule has 3 N–H and O–H groups in total. The number of aromatic hydroxyl groups is 1. The minimum atomic E-state index is 0.122. The molecule has 0 aliphatic carbocycles. The number of fused-ring (bicyclic) bond motifs is 3. The average Bonchev–Trinajstić information content (AvgIpc) is 2.85. The minimum absolute atomic E-state index is 0.122. The van der Waals surface area contributed by atoms with Crippen molar-refractivity contribution in [3.8, 4) is 17.0 Å². The van der Waals surface area contributed by atoms with Gasteiger partial charge in [0.1, 0.15) is 12.1 Å². The van der Waals surface area contributed by atoms with Crippen LogP contribution in [0.3, 0.4) is 0 Å². The molecule has 0 bridgehead atoms. The molecule has 0 fully saturated rings.